The Morgan fingerprint density at radius 3 is 2.59 bits per heavy atom. The molecule has 0 saturated carbocycles. The number of carbonyl (C=O) groups excluding carboxylic acids is 1. The van der Waals surface area contributed by atoms with Gasteiger partial charge in [-0.1, -0.05) is 43.3 Å². The van der Waals surface area contributed by atoms with Gasteiger partial charge in [-0.2, -0.15) is 0 Å². The van der Waals surface area contributed by atoms with Crippen LogP contribution in [0.5, 0.6) is 0 Å². The first-order valence-electron chi connectivity index (χ1n) is 13.1. The second-order valence-electron chi connectivity index (χ2n) is 9.49. The van der Waals surface area contributed by atoms with E-state index in [1.807, 2.05) is 65.5 Å². The van der Waals surface area contributed by atoms with Crippen molar-refractivity contribution in [1.29, 1.82) is 0 Å². The maximum absolute atomic E-state index is 13.5. The minimum absolute atomic E-state index is 0.176. The molecule has 39 heavy (non-hydrogen) atoms. The lowest BCUT2D eigenvalue weighted by Crippen LogP contribution is -2.32. The van der Waals surface area contributed by atoms with Crippen molar-refractivity contribution in [2.75, 3.05) is 0 Å². The molecule has 0 bridgehead atoms. The van der Waals surface area contributed by atoms with Crippen molar-refractivity contribution in [3.63, 3.8) is 0 Å². The predicted octanol–water partition coefficient (Wildman–Crippen LogP) is 5.74. The molecule has 8 nitrogen and oxygen atoms in total. The zero-order chi connectivity index (χ0) is 26.6. The lowest BCUT2D eigenvalue weighted by Gasteiger charge is -2.21. The van der Waals surface area contributed by atoms with Gasteiger partial charge in [0.2, 0.25) is 0 Å². The Labute approximate surface area is 226 Å². The van der Waals surface area contributed by atoms with Crippen LogP contribution in [0, 0.1) is 0 Å². The van der Waals surface area contributed by atoms with Crippen LogP contribution in [0.15, 0.2) is 104 Å². The molecule has 8 heteroatoms. The molecule has 2 aromatic carbocycles. The average Bonchev–Trinajstić information content (AvgIpc) is 3.74. The minimum Gasteiger partial charge on any atom is -0.351 e. The third-order valence-electron chi connectivity index (χ3n) is 6.83. The molecule has 0 spiro atoms. The Bertz CT molecular complexity index is 1650. The van der Waals surface area contributed by atoms with Crippen LogP contribution in [-0.2, 0) is 13.0 Å². The number of benzene rings is 2. The van der Waals surface area contributed by atoms with Gasteiger partial charge in [-0.25, -0.2) is 9.97 Å². The molecule has 1 amide bonds. The number of para-hydroxylation sites is 1. The second-order valence-corrected chi connectivity index (χ2v) is 9.49. The molecule has 0 fully saturated rings. The van der Waals surface area contributed by atoms with Gasteiger partial charge in [-0.3, -0.25) is 9.78 Å². The third kappa shape index (κ3) is 5.09. The van der Waals surface area contributed by atoms with Crippen molar-refractivity contribution < 1.29 is 4.79 Å². The molecule has 6 rings (SSSR count). The normalized spacial score (nSPS) is 12.0. The number of nitrogens with zero attached hydrogens (tertiary/aromatic N) is 5. The molecule has 194 valence electrons. The lowest BCUT2D eigenvalue weighted by atomic mass is 10.1. The summed E-state index contributed by atoms with van der Waals surface area (Å²) in [5, 5.41) is 4.24. The summed E-state index contributed by atoms with van der Waals surface area (Å²) in [7, 11) is 0. The molecular formula is C31H29N7O. The number of amides is 1. The van der Waals surface area contributed by atoms with Crippen LogP contribution in [-0.4, -0.2) is 35.0 Å². The number of pyridine rings is 1. The van der Waals surface area contributed by atoms with Crippen molar-refractivity contribution >= 4 is 16.8 Å². The maximum Gasteiger partial charge on any atom is 0.268 e. The molecule has 2 N–H and O–H groups in total. The zero-order valence-corrected chi connectivity index (χ0v) is 21.7. The van der Waals surface area contributed by atoms with E-state index < -0.39 is 0 Å². The highest BCUT2D eigenvalue weighted by Gasteiger charge is 2.24. The fourth-order valence-corrected chi connectivity index (χ4v) is 4.94. The van der Waals surface area contributed by atoms with Gasteiger partial charge in [0.15, 0.2) is 0 Å². The van der Waals surface area contributed by atoms with E-state index in [1.165, 1.54) is 0 Å². The summed E-state index contributed by atoms with van der Waals surface area (Å²) < 4.78 is 4.19. The fourth-order valence-electron chi connectivity index (χ4n) is 4.94. The summed E-state index contributed by atoms with van der Waals surface area (Å²) in [5.41, 5.74) is 5.44. The Balaban J connectivity index is 1.35. The summed E-state index contributed by atoms with van der Waals surface area (Å²) in [6.07, 6.45) is 10.6. The number of nitrogens with one attached hydrogen (secondary N) is 2. The van der Waals surface area contributed by atoms with Gasteiger partial charge in [-0.15, -0.1) is 0 Å². The number of carbonyl (C=O) groups is 1. The number of hydrogen-bond donors (Lipinski definition) is 2. The van der Waals surface area contributed by atoms with Crippen molar-refractivity contribution in [2.45, 2.75) is 32.4 Å². The van der Waals surface area contributed by atoms with Crippen LogP contribution in [0.3, 0.4) is 0 Å². The summed E-state index contributed by atoms with van der Waals surface area (Å²) in [6, 6.07) is 23.6. The van der Waals surface area contributed by atoms with E-state index in [0.29, 0.717) is 12.1 Å². The summed E-state index contributed by atoms with van der Waals surface area (Å²) in [6.45, 7) is 2.92. The van der Waals surface area contributed by atoms with Crippen molar-refractivity contribution in [3.8, 4) is 16.9 Å². The van der Waals surface area contributed by atoms with E-state index in [0.717, 1.165) is 52.3 Å². The molecule has 4 aromatic heterocycles. The molecule has 0 aliphatic heterocycles. The number of H-pyrrole nitrogens is 1. The van der Waals surface area contributed by atoms with Crippen LogP contribution >= 0.6 is 0 Å². The highest BCUT2D eigenvalue weighted by Crippen LogP contribution is 2.27. The van der Waals surface area contributed by atoms with Crippen molar-refractivity contribution in [3.05, 3.63) is 121 Å². The number of imidazole rings is 2. The van der Waals surface area contributed by atoms with E-state index in [-0.39, 0.29) is 11.9 Å². The monoisotopic (exact) mass is 515 g/mol. The SMILES string of the molecule is CCCn1c(-c2ccc(-n3ccnc3)cc2)cnc1[C@H](Cc1ccccn1)NC(=O)c1cc2ccccc2[nH]1. The van der Waals surface area contributed by atoms with Crippen LogP contribution in [0.4, 0.5) is 0 Å². The topological polar surface area (TPSA) is 93.4 Å². The van der Waals surface area contributed by atoms with Gasteiger partial charge in [-0.05, 0) is 48.4 Å². The fraction of sp³-hybridized carbons (Fsp3) is 0.161. The minimum atomic E-state index is -0.371. The molecule has 1 atom stereocenters. The van der Waals surface area contributed by atoms with Crippen LogP contribution in [0.2, 0.25) is 0 Å². The Kier molecular flexibility index (Phi) is 6.74. The average molecular weight is 516 g/mol. The molecule has 4 heterocycles. The van der Waals surface area contributed by atoms with E-state index in [4.69, 9.17) is 4.98 Å². The standard InChI is InChI=1S/C31H29N7O/c1-2-16-38-29(22-10-12-25(13-11-22)37-17-15-32-21-37)20-34-30(38)27(19-24-8-5-6-14-33-24)36-31(39)28-18-23-7-3-4-9-26(23)35-28/h3-15,17-18,20-21,27,35H,2,16,19H2,1H3,(H,36,39)/t27-/m0/s1. The van der Waals surface area contributed by atoms with Crippen LogP contribution in [0.25, 0.3) is 27.8 Å². The first-order valence-corrected chi connectivity index (χ1v) is 13.1. The molecule has 0 aliphatic rings. The highest BCUT2D eigenvalue weighted by atomic mass is 16.2. The molecule has 0 aliphatic carbocycles. The summed E-state index contributed by atoms with van der Waals surface area (Å²) in [5.74, 6) is 0.630. The molecule has 0 radical (unpaired) electrons. The van der Waals surface area contributed by atoms with E-state index in [2.05, 4.69) is 56.0 Å². The van der Waals surface area contributed by atoms with Crippen LogP contribution in [0.1, 0.15) is 41.4 Å². The number of aromatic nitrogens is 6. The lowest BCUT2D eigenvalue weighted by molar-refractivity contribution is 0.0929. The van der Waals surface area contributed by atoms with Crippen molar-refractivity contribution in [1.82, 2.24) is 34.4 Å². The predicted molar refractivity (Wildman–Crippen MR) is 152 cm³/mol. The Morgan fingerprint density at radius 1 is 1.00 bits per heavy atom. The largest absolute Gasteiger partial charge is 0.351 e. The zero-order valence-electron chi connectivity index (χ0n) is 21.7. The van der Waals surface area contributed by atoms with Gasteiger partial charge in [0, 0.05) is 53.8 Å². The summed E-state index contributed by atoms with van der Waals surface area (Å²) >= 11 is 0. The summed E-state index contributed by atoms with van der Waals surface area (Å²) in [4.78, 5) is 30.3. The number of aromatic amines is 1. The third-order valence-corrected chi connectivity index (χ3v) is 6.83. The maximum atomic E-state index is 13.5. The van der Waals surface area contributed by atoms with Gasteiger partial charge in [0.1, 0.15) is 11.5 Å². The van der Waals surface area contributed by atoms with Gasteiger partial charge in [0.05, 0.1) is 24.3 Å². The molecule has 0 saturated heterocycles. The second kappa shape index (κ2) is 10.8. The van der Waals surface area contributed by atoms with Crippen LogP contribution < -0.4 is 5.32 Å². The molecular weight excluding hydrogens is 486 g/mol. The first kappa shape index (κ1) is 24.4. The number of fused-ring (bicyclic) bond motifs is 1. The first-order chi connectivity index (χ1) is 19.2. The van der Waals surface area contributed by atoms with Crippen molar-refractivity contribution in [2.24, 2.45) is 0 Å². The van der Waals surface area contributed by atoms with Gasteiger partial charge >= 0.3 is 0 Å². The number of rotatable bonds is 9. The quantitative estimate of drug-likeness (QED) is 0.257. The van der Waals surface area contributed by atoms with E-state index >= 15 is 0 Å². The van der Waals surface area contributed by atoms with Gasteiger partial charge < -0.3 is 19.4 Å². The van der Waals surface area contributed by atoms with Gasteiger partial charge in [0.25, 0.3) is 5.91 Å². The smallest absolute Gasteiger partial charge is 0.268 e. The van der Waals surface area contributed by atoms with E-state index in [9.17, 15) is 4.79 Å². The Hall–Kier alpha value is -4.98. The molecule has 6 aromatic rings. The number of hydrogen-bond acceptors (Lipinski definition) is 4. The highest BCUT2D eigenvalue weighted by molar-refractivity contribution is 5.98. The Morgan fingerprint density at radius 2 is 1.85 bits per heavy atom. The molecule has 0 unspecified atom stereocenters. The van der Waals surface area contributed by atoms with E-state index in [1.54, 1.807) is 18.7 Å².